The van der Waals surface area contributed by atoms with E-state index >= 15 is 0 Å². The predicted octanol–water partition coefficient (Wildman–Crippen LogP) is 1.87. The molecular formula is C18H20FN3O4. The lowest BCUT2D eigenvalue weighted by Crippen LogP contribution is -2.46. The Balaban J connectivity index is 2.74. The zero-order chi connectivity index (χ0) is 19.9. The van der Waals surface area contributed by atoms with E-state index in [9.17, 15) is 18.8 Å². The first kappa shape index (κ1) is 21.0. The van der Waals surface area contributed by atoms with E-state index in [4.69, 9.17) is 15.4 Å². The number of halogens is 1. The third kappa shape index (κ3) is 5.77. The highest BCUT2D eigenvalue weighted by Crippen LogP contribution is 2.09. The molecule has 0 unspecified atom stereocenters. The SMILES string of the molecule is CC(=N)[C@H](C#N)C(=O)COC(=O)[C@@H](NC(=O)c1ccc(F)cc1)C(C)C. The normalized spacial score (nSPS) is 12.6. The Labute approximate surface area is 150 Å². The first-order chi connectivity index (χ1) is 12.2. The van der Waals surface area contributed by atoms with Gasteiger partial charge in [-0.15, -0.1) is 0 Å². The van der Waals surface area contributed by atoms with Gasteiger partial charge in [0.2, 0.25) is 0 Å². The molecule has 1 amide bonds. The fraction of sp³-hybridized carbons (Fsp3) is 0.389. The van der Waals surface area contributed by atoms with E-state index in [0.717, 1.165) is 12.1 Å². The fourth-order valence-corrected chi connectivity index (χ4v) is 2.05. The number of carbonyl (C=O) groups is 3. The van der Waals surface area contributed by atoms with Crippen LogP contribution in [0.25, 0.3) is 0 Å². The van der Waals surface area contributed by atoms with Gasteiger partial charge in [0, 0.05) is 11.3 Å². The molecule has 0 saturated heterocycles. The van der Waals surface area contributed by atoms with Gasteiger partial charge in [0.05, 0.1) is 6.07 Å². The van der Waals surface area contributed by atoms with Crippen molar-refractivity contribution in [3.05, 3.63) is 35.6 Å². The summed E-state index contributed by atoms with van der Waals surface area (Å²) in [5.41, 5.74) is 0.0310. The number of esters is 1. The fourth-order valence-electron chi connectivity index (χ4n) is 2.05. The van der Waals surface area contributed by atoms with Gasteiger partial charge in [-0.3, -0.25) is 9.59 Å². The van der Waals surface area contributed by atoms with Crippen molar-refractivity contribution in [2.75, 3.05) is 6.61 Å². The molecule has 138 valence electrons. The summed E-state index contributed by atoms with van der Waals surface area (Å²) in [4.78, 5) is 36.2. The molecule has 0 spiro atoms. The van der Waals surface area contributed by atoms with Crippen LogP contribution in [-0.2, 0) is 14.3 Å². The van der Waals surface area contributed by atoms with E-state index in [1.165, 1.54) is 19.1 Å². The van der Waals surface area contributed by atoms with Crippen molar-refractivity contribution in [3.63, 3.8) is 0 Å². The van der Waals surface area contributed by atoms with Crippen LogP contribution in [0.4, 0.5) is 4.39 Å². The van der Waals surface area contributed by atoms with Crippen LogP contribution in [-0.4, -0.2) is 36.0 Å². The Morgan fingerprint density at radius 1 is 1.27 bits per heavy atom. The molecule has 0 radical (unpaired) electrons. The second-order valence-electron chi connectivity index (χ2n) is 6.02. The van der Waals surface area contributed by atoms with E-state index in [1.54, 1.807) is 19.9 Å². The highest BCUT2D eigenvalue weighted by molar-refractivity contribution is 6.06. The molecule has 2 N–H and O–H groups in total. The van der Waals surface area contributed by atoms with Crippen molar-refractivity contribution in [1.82, 2.24) is 5.32 Å². The summed E-state index contributed by atoms with van der Waals surface area (Å²) in [6, 6.07) is 5.45. The minimum atomic E-state index is -1.27. The monoisotopic (exact) mass is 361 g/mol. The molecule has 8 heteroatoms. The van der Waals surface area contributed by atoms with E-state index in [0.29, 0.717) is 0 Å². The van der Waals surface area contributed by atoms with Crippen molar-refractivity contribution in [2.45, 2.75) is 26.8 Å². The zero-order valence-corrected chi connectivity index (χ0v) is 14.7. The lowest BCUT2D eigenvalue weighted by Gasteiger charge is -2.21. The molecule has 0 aliphatic rings. The standard InChI is InChI=1S/C18H20FN3O4/c1-10(2)16(22-17(24)12-4-6-13(19)7-5-12)18(25)26-9-15(23)14(8-20)11(3)21/h4-7,10,14,16,21H,9H2,1-3H3,(H,22,24)/t14-,16-/m0/s1. The molecule has 0 aliphatic carbocycles. The van der Waals surface area contributed by atoms with Gasteiger partial charge in [-0.2, -0.15) is 5.26 Å². The van der Waals surface area contributed by atoms with E-state index < -0.39 is 42.0 Å². The van der Waals surface area contributed by atoms with Crippen LogP contribution in [0.3, 0.4) is 0 Å². The summed E-state index contributed by atoms with van der Waals surface area (Å²) < 4.78 is 17.8. The van der Waals surface area contributed by atoms with Crippen LogP contribution in [0.1, 0.15) is 31.1 Å². The van der Waals surface area contributed by atoms with E-state index in [2.05, 4.69) is 5.32 Å². The number of ether oxygens (including phenoxy) is 1. The number of Topliss-reactive ketones (excluding diaryl/α,β-unsaturated/α-hetero) is 1. The molecule has 0 aromatic heterocycles. The maximum Gasteiger partial charge on any atom is 0.329 e. The van der Waals surface area contributed by atoms with Gasteiger partial charge in [0.15, 0.2) is 12.4 Å². The van der Waals surface area contributed by atoms with Gasteiger partial charge in [-0.1, -0.05) is 13.8 Å². The first-order valence-corrected chi connectivity index (χ1v) is 7.87. The molecule has 1 aromatic carbocycles. The van der Waals surface area contributed by atoms with Crippen molar-refractivity contribution in [3.8, 4) is 6.07 Å². The molecule has 0 saturated carbocycles. The minimum Gasteiger partial charge on any atom is -0.456 e. The lowest BCUT2D eigenvalue weighted by molar-refractivity contribution is -0.151. The number of benzene rings is 1. The van der Waals surface area contributed by atoms with E-state index in [-0.39, 0.29) is 17.2 Å². The Bertz CT molecular complexity index is 738. The zero-order valence-electron chi connectivity index (χ0n) is 14.7. The molecule has 0 heterocycles. The average molecular weight is 361 g/mol. The summed E-state index contributed by atoms with van der Waals surface area (Å²) >= 11 is 0. The number of nitrogens with one attached hydrogen (secondary N) is 2. The van der Waals surface area contributed by atoms with Crippen LogP contribution in [0.5, 0.6) is 0 Å². The number of carbonyl (C=O) groups excluding carboxylic acids is 3. The third-order valence-electron chi connectivity index (χ3n) is 3.55. The highest BCUT2D eigenvalue weighted by atomic mass is 19.1. The lowest BCUT2D eigenvalue weighted by atomic mass is 10.0. The van der Waals surface area contributed by atoms with Gasteiger partial charge in [0.1, 0.15) is 17.8 Å². The third-order valence-corrected chi connectivity index (χ3v) is 3.55. The van der Waals surface area contributed by atoms with E-state index in [1.807, 2.05) is 0 Å². The van der Waals surface area contributed by atoms with Crippen LogP contribution >= 0.6 is 0 Å². The van der Waals surface area contributed by atoms with Crippen LogP contribution in [0.2, 0.25) is 0 Å². The van der Waals surface area contributed by atoms with Gasteiger partial charge < -0.3 is 15.5 Å². The second-order valence-corrected chi connectivity index (χ2v) is 6.02. The molecule has 2 atom stereocenters. The van der Waals surface area contributed by atoms with Gasteiger partial charge in [-0.05, 0) is 37.1 Å². The Morgan fingerprint density at radius 3 is 2.31 bits per heavy atom. The number of nitriles is 1. The number of hydrogen-bond acceptors (Lipinski definition) is 6. The Morgan fingerprint density at radius 2 is 1.85 bits per heavy atom. The van der Waals surface area contributed by atoms with Crippen LogP contribution < -0.4 is 5.32 Å². The maximum atomic E-state index is 12.9. The average Bonchev–Trinajstić information content (AvgIpc) is 2.57. The Kier molecular flexibility index (Phi) is 7.59. The predicted molar refractivity (Wildman–Crippen MR) is 91.0 cm³/mol. The number of hydrogen-bond donors (Lipinski definition) is 2. The quantitative estimate of drug-likeness (QED) is 0.541. The molecule has 0 fully saturated rings. The van der Waals surface area contributed by atoms with Gasteiger partial charge >= 0.3 is 5.97 Å². The van der Waals surface area contributed by atoms with Crippen molar-refractivity contribution < 1.29 is 23.5 Å². The van der Waals surface area contributed by atoms with Crippen molar-refractivity contribution in [2.24, 2.45) is 11.8 Å². The smallest absolute Gasteiger partial charge is 0.329 e. The molecule has 7 nitrogen and oxygen atoms in total. The summed E-state index contributed by atoms with van der Waals surface area (Å²) in [5.74, 6) is -4.22. The number of nitrogens with zero attached hydrogens (tertiary/aromatic N) is 1. The molecule has 1 rings (SSSR count). The van der Waals surface area contributed by atoms with Gasteiger partial charge in [-0.25, -0.2) is 9.18 Å². The van der Waals surface area contributed by atoms with Crippen LogP contribution in [0.15, 0.2) is 24.3 Å². The largest absolute Gasteiger partial charge is 0.456 e. The minimum absolute atomic E-state index is 0.140. The summed E-state index contributed by atoms with van der Waals surface area (Å²) in [7, 11) is 0. The van der Waals surface area contributed by atoms with Crippen LogP contribution in [0, 0.1) is 34.4 Å². The number of ketones is 1. The van der Waals surface area contributed by atoms with Gasteiger partial charge in [0.25, 0.3) is 5.91 Å². The number of rotatable bonds is 8. The maximum absolute atomic E-state index is 12.9. The number of amides is 1. The molecule has 1 aromatic rings. The summed E-state index contributed by atoms with van der Waals surface area (Å²) in [6.45, 7) is 4.01. The molecule has 0 aliphatic heterocycles. The first-order valence-electron chi connectivity index (χ1n) is 7.87. The highest BCUT2D eigenvalue weighted by Gasteiger charge is 2.28. The second kappa shape index (κ2) is 9.42. The molecule has 26 heavy (non-hydrogen) atoms. The molecular weight excluding hydrogens is 341 g/mol. The topological polar surface area (TPSA) is 120 Å². The van der Waals surface area contributed by atoms with Crippen molar-refractivity contribution in [1.29, 1.82) is 10.7 Å². The molecule has 0 bridgehead atoms. The summed E-state index contributed by atoms with van der Waals surface area (Å²) in [6.07, 6.45) is 0. The Hall–Kier alpha value is -3.08. The summed E-state index contributed by atoms with van der Waals surface area (Å²) in [5, 5.41) is 18.7. The van der Waals surface area contributed by atoms with Crippen molar-refractivity contribution >= 4 is 23.4 Å².